The Morgan fingerprint density at radius 2 is 1.15 bits per heavy atom. The zero-order chi connectivity index (χ0) is 18.8. The van der Waals surface area contributed by atoms with Gasteiger partial charge in [0.05, 0.1) is 0 Å². The predicted molar refractivity (Wildman–Crippen MR) is 118 cm³/mol. The van der Waals surface area contributed by atoms with Crippen molar-refractivity contribution in [1.82, 2.24) is 0 Å². The molecule has 0 saturated heterocycles. The first kappa shape index (κ1) is 22.4. The van der Waals surface area contributed by atoms with Gasteiger partial charge in [0.25, 0.3) is 0 Å². The molecule has 2 aromatic rings. The van der Waals surface area contributed by atoms with Crippen molar-refractivity contribution in [2.24, 2.45) is 0 Å². The predicted octanol–water partition coefficient (Wildman–Crippen LogP) is 5.13. The topological polar surface area (TPSA) is 28.2 Å². The van der Waals surface area contributed by atoms with E-state index in [2.05, 4.69) is 76.7 Å². The molecule has 2 nitrogen and oxygen atoms in total. The molecule has 1 fully saturated rings. The van der Waals surface area contributed by atoms with Gasteiger partial charge in [-0.25, -0.2) is 0 Å². The molecule has 0 aliphatic heterocycles. The Hall–Kier alpha value is 0.133. The standard InChI is InChI=1S/C20H26N2P2.ClH.Ru/c23-19-11-5-1-7-15(19)13-21-17-9-3-4-10-18(17)22-14-16-8-2-6-12-20(16)24;;/h1-2,5-8,11-12,17-18H,3-4,9-10,13-14,23-24H2;1H;/q-2;;+3/p-1. The molecule has 1 aliphatic rings. The van der Waals surface area contributed by atoms with E-state index in [0.29, 0.717) is 12.1 Å². The van der Waals surface area contributed by atoms with E-state index in [1.807, 2.05) is 17.3 Å². The van der Waals surface area contributed by atoms with Crippen LogP contribution in [0.5, 0.6) is 0 Å². The number of rotatable bonds is 6. The van der Waals surface area contributed by atoms with Gasteiger partial charge in [0.15, 0.2) is 0 Å². The summed E-state index contributed by atoms with van der Waals surface area (Å²) in [6.07, 6.45) is 4.91. The van der Waals surface area contributed by atoms with Crippen molar-refractivity contribution in [3.05, 3.63) is 70.3 Å². The summed E-state index contributed by atoms with van der Waals surface area (Å²) in [5.41, 5.74) is 2.62. The van der Waals surface area contributed by atoms with E-state index in [1.165, 1.54) is 47.4 Å². The number of hydrogen-bond donors (Lipinski definition) is 0. The molecule has 2 aromatic carbocycles. The summed E-state index contributed by atoms with van der Waals surface area (Å²) in [6, 6.07) is 17.7. The van der Waals surface area contributed by atoms with Crippen LogP contribution >= 0.6 is 28.2 Å². The summed E-state index contributed by atoms with van der Waals surface area (Å²) in [6.45, 7) is 1.60. The first-order valence-electron chi connectivity index (χ1n) is 8.87. The fourth-order valence-electron chi connectivity index (χ4n) is 3.31. The van der Waals surface area contributed by atoms with Crippen molar-refractivity contribution in [1.29, 1.82) is 0 Å². The molecule has 141 valence electrons. The van der Waals surface area contributed by atoms with Crippen LogP contribution in [0.1, 0.15) is 36.8 Å². The Kier molecular flexibility index (Phi) is 10.8. The number of nitrogens with zero attached hydrogens (tertiary/aromatic N) is 2. The second kappa shape index (κ2) is 12.6. The second-order valence-corrected chi connectivity index (χ2v) is 7.74. The molecule has 4 atom stereocenters. The summed E-state index contributed by atoms with van der Waals surface area (Å²) in [5.74, 6) is 0. The van der Waals surface area contributed by atoms with Gasteiger partial charge in [-0.15, -0.1) is 31.6 Å². The number of benzene rings is 2. The van der Waals surface area contributed by atoms with Crippen LogP contribution in [0.25, 0.3) is 10.6 Å². The van der Waals surface area contributed by atoms with E-state index in [4.69, 9.17) is 10.6 Å². The zero-order valence-electron chi connectivity index (χ0n) is 14.8. The molecule has 3 rings (SSSR count). The summed E-state index contributed by atoms with van der Waals surface area (Å²) in [7, 11) is 10.2. The monoisotopic (exact) mass is 493 g/mol. The van der Waals surface area contributed by atoms with Gasteiger partial charge >= 0.3 is 27.0 Å². The van der Waals surface area contributed by atoms with Gasteiger partial charge in [-0.2, -0.15) is 12.1 Å². The van der Waals surface area contributed by atoms with Crippen LogP contribution in [-0.4, -0.2) is 12.1 Å². The molecule has 0 N–H and O–H groups in total. The van der Waals surface area contributed by atoms with Crippen LogP contribution in [0.3, 0.4) is 0 Å². The first-order chi connectivity index (χ1) is 12.7. The molecule has 4 unspecified atom stereocenters. The maximum atomic E-state index is 5.02. The molecule has 0 bridgehead atoms. The average Bonchev–Trinajstić information content (AvgIpc) is 2.69. The van der Waals surface area contributed by atoms with E-state index in [0.717, 1.165) is 13.1 Å². The summed E-state index contributed by atoms with van der Waals surface area (Å²) in [5, 5.41) is 12.5. The average molecular weight is 493 g/mol. The van der Waals surface area contributed by atoms with Crippen LogP contribution in [0.15, 0.2) is 48.5 Å². The molecule has 0 heterocycles. The Morgan fingerprint density at radius 3 is 1.54 bits per heavy atom. The fourth-order valence-corrected chi connectivity index (χ4v) is 3.90. The van der Waals surface area contributed by atoms with Gasteiger partial charge in [0.1, 0.15) is 0 Å². The quantitative estimate of drug-likeness (QED) is 0.395. The van der Waals surface area contributed by atoms with Crippen molar-refractivity contribution in [2.45, 2.75) is 50.9 Å². The molecule has 0 amide bonds. The van der Waals surface area contributed by atoms with Crippen molar-refractivity contribution >= 4 is 38.8 Å². The molecule has 1 saturated carbocycles. The molecule has 0 radical (unpaired) electrons. The molecular formula is C20H26ClN2P2Ru. The second-order valence-electron chi connectivity index (χ2n) is 6.50. The van der Waals surface area contributed by atoms with Crippen LogP contribution in [0, 0.1) is 0 Å². The maximum absolute atomic E-state index is 5.02. The van der Waals surface area contributed by atoms with E-state index in [1.54, 1.807) is 0 Å². The Morgan fingerprint density at radius 1 is 0.769 bits per heavy atom. The number of halogens is 1. The summed E-state index contributed by atoms with van der Waals surface area (Å²) >= 11 is 1.82. The normalized spacial score (nSPS) is 19.5. The van der Waals surface area contributed by atoms with Crippen molar-refractivity contribution < 1.29 is 17.3 Å². The number of hydrogen-bond acceptors (Lipinski definition) is 0. The Labute approximate surface area is 176 Å². The fraction of sp³-hybridized carbons (Fsp3) is 0.400. The van der Waals surface area contributed by atoms with Gasteiger partial charge < -0.3 is 10.6 Å². The molecule has 1 aliphatic carbocycles. The van der Waals surface area contributed by atoms with Gasteiger partial charge in [0.2, 0.25) is 0 Å². The van der Waals surface area contributed by atoms with E-state index in [-0.39, 0.29) is 0 Å². The van der Waals surface area contributed by atoms with Crippen molar-refractivity contribution in [3.8, 4) is 0 Å². The molecular weight excluding hydrogens is 467 g/mol. The van der Waals surface area contributed by atoms with Crippen LogP contribution in [-0.2, 0) is 30.4 Å². The third-order valence-electron chi connectivity index (χ3n) is 4.80. The first-order valence-corrected chi connectivity index (χ1v) is 12.3. The third-order valence-corrected chi connectivity index (χ3v) is 5.92. The third kappa shape index (κ3) is 6.94. The summed E-state index contributed by atoms with van der Waals surface area (Å²) < 4.78 is 0. The Balaban J connectivity index is 0.00000117. The molecule has 0 aromatic heterocycles. The van der Waals surface area contributed by atoms with Gasteiger partial charge in [-0.05, 0) is 10.6 Å². The zero-order valence-corrected chi connectivity index (χ0v) is 19.6. The van der Waals surface area contributed by atoms with E-state index < -0.39 is 0 Å². The van der Waals surface area contributed by atoms with Crippen LogP contribution < -0.4 is 10.6 Å². The van der Waals surface area contributed by atoms with Gasteiger partial charge in [-0.3, -0.25) is 0 Å². The van der Waals surface area contributed by atoms with E-state index >= 15 is 0 Å². The van der Waals surface area contributed by atoms with Crippen molar-refractivity contribution in [3.63, 3.8) is 0 Å². The molecule has 26 heavy (non-hydrogen) atoms. The van der Waals surface area contributed by atoms with Gasteiger partial charge in [0, 0.05) is 0 Å². The minimum absolute atomic E-state index is 0.375. The molecule has 0 spiro atoms. The Bertz CT molecular complexity index is 614. The van der Waals surface area contributed by atoms with Crippen LogP contribution in [0.2, 0.25) is 0 Å². The van der Waals surface area contributed by atoms with Gasteiger partial charge in [-0.1, -0.05) is 85.3 Å². The van der Waals surface area contributed by atoms with Crippen LogP contribution in [0.4, 0.5) is 0 Å². The van der Waals surface area contributed by atoms with E-state index in [9.17, 15) is 0 Å². The summed E-state index contributed by atoms with van der Waals surface area (Å²) in [4.78, 5) is 0. The van der Waals surface area contributed by atoms with Crippen molar-refractivity contribution in [2.75, 3.05) is 0 Å². The minimum atomic E-state index is 0.375. The SMILES string of the molecule is Pc1ccccc1C[N-]C1CCCCC1[N-]Cc1ccccc1P.[Cl][Ru+2]. The molecule has 6 heteroatoms.